The predicted octanol–water partition coefficient (Wildman–Crippen LogP) is 8.03. The maximum Gasteiger partial charge on any atom is 0.172 e. The summed E-state index contributed by atoms with van der Waals surface area (Å²) < 4.78 is 10.7. The number of hydrogen-bond donors (Lipinski definition) is 2. The quantitative estimate of drug-likeness (QED) is 0.215. The van der Waals surface area contributed by atoms with E-state index in [-0.39, 0.29) is 29.5 Å². The topological polar surface area (TPSA) is 93.1 Å². The van der Waals surface area contributed by atoms with Gasteiger partial charge in [0.1, 0.15) is 23.0 Å². The molecule has 0 spiro atoms. The summed E-state index contributed by atoms with van der Waals surface area (Å²) in [6.45, 7) is 0. The van der Waals surface area contributed by atoms with E-state index in [0.717, 1.165) is 30.7 Å². The lowest BCUT2D eigenvalue weighted by Gasteiger charge is -2.12. The highest BCUT2D eigenvalue weighted by molar-refractivity contribution is 8.00. The standard InChI is InChI=1S/C17H16O3S2.C15H12O3S2/c1-19-11-8-14(20-2)17-13(18)7-10-6-12(21-3)4-5-15(10)22-16(17)9-11;1-19-10-2-3-13-8(4-10)5-11(17)15-12(18)6-9(16)7-14(15)20-13/h4-6,8-9H,7H2,1-3H3;2-4,6-7,16,18H,5H2,1H3. The van der Waals surface area contributed by atoms with Crippen molar-refractivity contribution >= 4 is 58.6 Å². The zero-order valence-corrected chi connectivity index (χ0v) is 26.6. The molecule has 0 saturated carbocycles. The Morgan fingerprint density at radius 3 is 1.74 bits per heavy atom. The number of hydrogen-bond acceptors (Lipinski definition) is 10. The Balaban J connectivity index is 0.000000169. The maximum atomic E-state index is 12.7. The lowest BCUT2D eigenvalue weighted by molar-refractivity contribution is 0.0978. The molecule has 0 fully saturated rings. The molecule has 0 unspecified atom stereocenters. The summed E-state index contributed by atoms with van der Waals surface area (Å²) in [7, 11) is 3.19. The van der Waals surface area contributed by atoms with Crippen LogP contribution in [0.15, 0.2) is 90.0 Å². The molecule has 6 rings (SSSR count). The number of carbonyl (C=O) groups excluding carboxylic acids is 2. The van der Waals surface area contributed by atoms with Gasteiger partial charge < -0.3 is 19.7 Å². The van der Waals surface area contributed by atoms with Crippen molar-refractivity contribution in [2.45, 2.75) is 42.2 Å². The van der Waals surface area contributed by atoms with Gasteiger partial charge in [-0.05, 0) is 72.2 Å². The Morgan fingerprint density at radius 1 is 0.667 bits per heavy atom. The van der Waals surface area contributed by atoms with Crippen LogP contribution in [0, 0.1) is 0 Å². The Labute approximate surface area is 261 Å². The van der Waals surface area contributed by atoms with Crippen LogP contribution in [0.3, 0.4) is 0 Å². The fraction of sp³-hybridized carbons (Fsp3) is 0.188. The number of rotatable bonds is 4. The van der Waals surface area contributed by atoms with Crippen LogP contribution < -0.4 is 9.47 Å². The van der Waals surface area contributed by atoms with E-state index in [1.165, 1.54) is 28.8 Å². The van der Waals surface area contributed by atoms with E-state index in [0.29, 0.717) is 33.9 Å². The SMILES string of the molecule is COc1cc(OC)c2c(c1)Sc1ccc(SC)cc1CC2=O.CSc1ccc2c(c1)CC(=O)c1c(O)cc(O)cc1S2. The van der Waals surface area contributed by atoms with E-state index >= 15 is 0 Å². The minimum Gasteiger partial charge on any atom is -0.508 e. The average molecular weight is 637 g/mol. The molecule has 10 heteroatoms. The van der Waals surface area contributed by atoms with Crippen LogP contribution in [-0.4, -0.2) is 48.5 Å². The minimum absolute atomic E-state index is 0.0364. The second-order valence-corrected chi connectivity index (χ2v) is 13.3. The highest BCUT2D eigenvalue weighted by atomic mass is 32.2. The smallest absolute Gasteiger partial charge is 0.172 e. The molecule has 0 atom stereocenters. The lowest BCUT2D eigenvalue weighted by Crippen LogP contribution is -2.06. The van der Waals surface area contributed by atoms with Crippen molar-refractivity contribution < 1.29 is 29.3 Å². The van der Waals surface area contributed by atoms with Crippen LogP contribution in [0.25, 0.3) is 0 Å². The molecule has 0 bridgehead atoms. The van der Waals surface area contributed by atoms with Gasteiger partial charge in [-0.3, -0.25) is 9.59 Å². The third-order valence-electron chi connectivity index (χ3n) is 6.80. The molecular formula is C32H28O6S4. The molecule has 0 saturated heterocycles. The van der Waals surface area contributed by atoms with Crippen molar-refractivity contribution in [2.24, 2.45) is 0 Å². The Morgan fingerprint density at radius 2 is 1.21 bits per heavy atom. The van der Waals surface area contributed by atoms with E-state index in [1.807, 2.05) is 36.8 Å². The number of ether oxygens (including phenoxy) is 2. The van der Waals surface area contributed by atoms with E-state index in [1.54, 1.807) is 55.6 Å². The summed E-state index contributed by atoms with van der Waals surface area (Å²) in [6.07, 6.45) is 4.69. The molecular weight excluding hydrogens is 609 g/mol. The zero-order chi connectivity index (χ0) is 30.0. The first-order valence-electron chi connectivity index (χ1n) is 12.8. The molecule has 6 nitrogen and oxygen atoms in total. The summed E-state index contributed by atoms with van der Waals surface area (Å²) in [6, 6.07) is 18.7. The van der Waals surface area contributed by atoms with Gasteiger partial charge in [0.05, 0.1) is 25.3 Å². The summed E-state index contributed by atoms with van der Waals surface area (Å²) in [5.41, 5.74) is 2.98. The first kappa shape index (κ1) is 30.3. The van der Waals surface area contributed by atoms with Gasteiger partial charge in [0.2, 0.25) is 0 Å². The van der Waals surface area contributed by atoms with Gasteiger partial charge in [-0.25, -0.2) is 0 Å². The monoisotopic (exact) mass is 636 g/mol. The molecule has 0 aromatic heterocycles. The van der Waals surface area contributed by atoms with Gasteiger partial charge in [0, 0.05) is 54.3 Å². The Kier molecular flexibility index (Phi) is 9.37. The van der Waals surface area contributed by atoms with Crippen LogP contribution in [0.4, 0.5) is 0 Å². The van der Waals surface area contributed by atoms with E-state index in [4.69, 9.17) is 9.47 Å². The minimum atomic E-state index is -0.157. The van der Waals surface area contributed by atoms with Crippen LogP contribution in [0.2, 0.25) is 0 Å². The van der Waals surface area contributed by atoms with E-state index in [2.05, 4.69) is 18.2 Å². The molecule has 216 valence electrons. The van der Waals surface area contributed by atoms with Crippen molar-refractivity contribution in [1.29, 1.82) is 0 Å². The van der Waals surface area contributed by atoms with Crippen LogP contribution in [0.5, 0.6) is 23.0 Å². The Hall–Kier alpha value is -3.18. The van der Waals surface area contributed by atoms with E-state index in [9.17, 15) is 19.8 Å². The first-order chi connectivity index (χ1) is 20.2. The molecule has 0 aliphatic carbocycles. The van der Waals surface area contributed by atoms with Crippen molar-refractivity contribution in [3.05, 3.63) is 82.9 Å². The molecule has 2 aliphatic heterocycles. The number of carbonyl (C=O) groups is 2. The lowest BCUT2D eigenvalue weighted by atomic mass is 10.0. The summed E-state index contributed by atoms with van der Waals surface area (Å²) >= 11 is 6.31. The highest BCUT2D eigenvalue weighted by Gasteiger charge is 2.26. The number of methoxy groups -OCH3 is 2. The Bertz CT molecular complexity index is 1700. The number of aromatic hydroxyl groups is 2. The molecule has 4 aromatic carbocycles. The number of ketones is 2. The van der Waals surface area contributed by atoms with Gasteiger partial charge in [-0.15, -0.1) is 23.5 Å². The van der Waals surface area contributed by atoms with Crippen molar-refractivity contribution in [3.63, 3.8) is 0 Å². The van der Waals surface area contributed by atoms with Crippen molar-refractivity contribution in [3.8, 4) is 23.0 Å². The number of benzene rings is 4. The molecule has 0 radical (unpaired) electrons. The van der Waals surface area contributed by atoms with Gasteiger partial charge in [-0.2, -0.15) is 0 Å². The largest absolute Gasteiger partial charge is 0.508 e. The molecule has 2 aliphatic rings. The molecule has 2 N–H and O–H groups in total. The second kappa shape index (κ2) is 13.0. The fourth-order valence-corrected chi connectivity index (χ4v) is 7.94. The normalized spacial score (nSPS) is 13.3. The van der Waals surface area contributed by atoms with Crippen LogP contribution in [0.1, 0.15) is 31.8 Å². The summed E-state index contributed by atoms with van der Waals surface area (Å²) in [5, 5.41) is 19.5. The third-order valence-corrected chi connectivity index (χ3v) is 10.6. The van der Waals surface area contributed by atoms with Gasteiger partial charge in [0.15, 0.2) is 11.6 Å². The van der Waals surface area contributed by atoms with Crippen molar-refractivity contribution in [2.75, 3.05) is 26.7 Å². The molecule has 0 amide bonds. The predicted molar refractivity (Wildman–Crippen MR) is 170 cm³/mol. The van der Waals surface area contributed by atoms with Gasteiger partial charge >= 0.3 is 0 Å². The van der Waals surface area contributed by atoms with E-state index < -0.39 is 0 Å². The summed E-state index contributed by atoms with van der Waals surface area (Å²) in [4.78, 5) is 30.9. The average Bonchev–Trinajstić information content (AvgIpc) is 3.21. The number of Topliss-reactive ketones (excluding diaryl/α,β-unsaturated/α-hetero) is 2. The molecule has 2 heterocycles. The number of phenolic OH excluding ortho intramolecular Hbond substituents is 2. The fourth-order valence-electron chi connectivity index (χ4n) is 4.75. The number of fused-ring (bicyclic) bond motifs is 4. The second-order valence-electron chi connectivity index (χ2n) is 9.39. The maximum absolute atomic E-state index is 12.7. The molecule has 42 heavy (non-hydrogen) atoms. The molecule has 4 aromatic rings. The number of thioether (sulfide) groups is 2. The number of phenols is 2. The van der Waals surface area contributed by atoms with Gasteiger partial charge in [0.25, 0.3) is 0 Å². The highest BCUT2D eigenvalue weighted by Crippen LogP contribution is 2.44. The van der Waals surface area contributed by atoms with Crippen molar-refractivity contribution in [1.82, 2.24) is 0 Å². The zero-order valence-electron chi connectivity index (χ0n) is 23.3. The third kappa shape index (κ3) is 6.27. The van der Waals surface area contributed by atoms with Crippen LogP contribution >= 0.6 is 47.0 Å². The van der Waals surface area contributed by atoms with Gasteiger partial charge in [-0.1, -0.05) is 23.5 Å². The first-order valence-corrected chi connectivity index (χ1v) is 16.9. The van der Waals surface area contributed by atoms with Crippen LogP contribution in [-0.2, 0) is 12.8 Å². The summed E-state index contributed by atoms with van der Waals surface area (Å²) in [5.74, 6) is 1.03.